The van der Waals surface area contributed by atoms with Crippen molar-refractivity contribution in [3.8, 4) is 5.75 Å². The van der Waals surface area contributed by atoms with E-state index in [9.17, 15) is 0 Å². The van der Waals surface area contributed by atoms with Gasteiger partial charge in [-0.25, -0.2) is 4.98 Å². The second kappa shape index (κ2) is 5.19. The van der Waals surface area contributed by atoms with Crippen molar-refractivity contribution < 1.29 is 4.74 Å². The first kappa shape index (κ1) is 13.2. The van der Waals surface area contributed by atoms with Crippen LogP contribution in [-0.2, 0) is 5.88 Å². The van der Waals surface area contributed by atoms with Crippen LogP contribution in [-0.4, -0.2) is 16.7 Å². The molecule has 4 heteroatoms. The monoisotopic (exact) mass is 266 g/mol. The SMILES string of the molecule is COc1ccc2c(c1)nc(CCl)n2C(C)C(C)C. The average Bonchev–Trinajstić information content (AvgIpc) is 2.74. The van der Waals surface area contributed by atoms with Gasteiger partial charge in [-0.05, 0) is 25.0 Å². The van der Waals surface area contributed by atoms with Crippen molar-refractivity contribution in [3.63, 3.8) is 0 Å². The minimum atomic E-state index is 0.372. The van der Waals surface area contributed by atoms with Gasteiger partial charge in [0.05, 0.1) is 24.0 Å². The summed E-state index contributed by atoms with van der Waals surface area (Å²) < 4.78 is 7.46. The first-order valence-corrected chi connectivity index (χ1v) is 6.72. The van der Waals surface area contributed by atoms with E-state index in [1.807, 2.05) is 12.1 Å². The summed E-state index contributed by atoms with van der Waals surface area (Å²) in [5.41, 5.74) is 2.06. The zero-order valence-electron chi connectivity index (χ0n) is 11.3. The third-order valence-corrected chi connectivity index (χ3v) is 3.70. The molecule has 0 N–H and O–H groups in total. The summed E-state index contributed by atoms with van der Waals surface area (Å²) in [4.78, 5) is 4.59. The summed E-state index contributed by atoms with van der Waals surface area (Å²) in [6, 6.07) is 6.34. The van der Waals surface area contributed by atoms with Crippen LogP contribution in [0.1, 0.15) is 32.6 Å². The number of benzene rings is 1. The molecule has 1 heterocycles. The number of alkyl halides is 1. The average molecular weight is 267 g/mol. The molecule has 0 aliphatic rings. The Hall–Kier alpha value is -1.22. The Labute approximate surface area is 113 Å². The number of hydrogen-bond acceptors (Lipinski definition) is 2. The number of ether oxygens (including phenoxy) is 1. The van der Waals surface area contributed by atoms with Gasteiger partial charge < -0.3 is 9.30 Å². The third-order valence-electron chi connectivity index (χ3n) is 3.46. The molecule has 2 rings (SSSR count). The second-order valence-electron chi connectivity index (χ2n) is 4.87. The smallest absolute Gasteiger partial charge is 0.125 e. The van der Waals surface area contributed by atoms with Crippen LogP contribution in [0.15, 0.2) is 18.2 Å². The highest BCUT2D eigenvalue weighted by Gasteiger charge is 2.17. The quantitative estimate of drug-likeness (QED) is 0.782. The maximum Gasteiger partial charge on any atom is 0.125 e. The summed E-state index contributed by atoms with van der Waals surface area (Å²) in [6.45, 7) is 6.61. The molecule has 98 valence electrons. The summed E-state index contributed by atoms with van der Waals surface area (Å²) in [6.07, 6.45) is 0. The van der Waals surface area contributed by atoms with Crippen molar-refractivity contribution >= 4 is 22.6 Å². The third kappa shape index (κ3) is 2.19. The zero-order chi connectivity index (χ0) is 13.3. The number of nitrogens with zero attached hydrogens (tertiary/aromatic N) is 2. The fraction of sp³-hybridized carbons (Fsp3) is 0.500. The van der Waals surface area contributed by atoms with E-state index in [4.69, 9.17) is 16.3 Å². The van der Waals surface area contributed by atoms with Crippen LogP contribution in [0, 0.1) is 5.92 Å². The summed E-state index contributed by atoms with van der Waals surface area (Å²) in [5, 5.41) is 0. The van der Waals surface area contributed by atoms with Gasteiger partial charge in [0.15, 0.2) is 0 Å². The first-order chi connectivity index (χ1) is 8.58. The van der Waals surface area contributed by atoms with E-state index in [0.717, 1.165) is 22.6 Å². The Bertz CT molecular complexity index is 548. The predicted octanol–water partition coefficient (Wildman–Crippen LogP) is 4.00. The minimum absolute atomic E-state index is 0.372. The number of halogens is 1. The number of fused-ring (bicyclic) bond motifs is 1. The second-order valence-corrected chi connectivity index (χ2v) is 5.14. The van der Waals surface area contributed by atoms with Crippen molar-refractivity contribution in [1.29, 1.82) is 0 Å². The number of aromatic nitrogens is 2. The van der Waals surface area contributed by atoms with E-state index in [1.165, 1.54) is 0 Å². The van der Waals surface area contributed by atoms with E-state index >= 15 is 0 Å². The fourth-order valence-corrected chi connectivity index (χ4v) is 2.29. The summed E-state index contributed by atoms with van der Waals surface area (Å²) in [5.74, 6) is 2.70. The number of rotatable bonds is 4. The molecule has 0 spiro atoms. The lowest BCUT2D eigenvalue weighted by Crippen LogP contribution is -2.13. The van der Waals surface area contributed by atoms with Crippen molar-refractivity contribution in [1.82, 2.24) is 9.55 Å². The van der Waals surface area contributed by atoms with Gasteiger partial charge in [0.1, 0.15) is 11.6 Å². The Balaban J connectivity index is 2.62. The van der Waals surface area contributed by atoms with Crippen molar-refractivity contribution in [2.45, 2.75) is 32.7 Å². The molecule has 0 amide bonds. The maximum absolute atomic E-state index is 6.01. The van der Waals surface area contributed by atoms with Gasteiger partial charge in [0, 0.05) is 12.1 Å². The molecular formula is C14H19ClN2O. The van der Waals surface area contributed by atoms with Gasteiger partial charge in [-0.15, -0.1) is 11.6 Å². The molecule has 1 aromatic heterocycles. The maximum atomic E-state index is 6.01. The topological polar surface area (TPSA) is 27.1 Å². The van der Waals surface area contributed by atoms with E-state index in [2.05, 4.69) is 36.4 Å². The molecule has 1 aromatic carbocycles. The highest BCUT2D eigenvalue weighted by Crippen LogP contribution is 2.28. The lowest BCUT2D eigenvalue weighted by molar-refractivity contribution is 0.408. The normalized spacial score (nSPS) is 13.2. The molecule has 0 saturated heterocycles. The van der Waals surface area contributed by atoms with E-state index < -0.39 is 0 Å². The molecule has 3 nitrogen and oxygen atoms in total. The fourth-order valence-electron chi connectivity index (χ4n) is 2.10. The summed E-state index contributed by atoms with van der Waals surface area (Å²) >= 11 is 6.01. The zero-order valence-corrected chi connectivity index (χ0v) is 12.0. The molecule has 0 aliphatic heterocycles. The summed E-state index contributed by atoms with van der Waals surface area (Å²) in [7, 11) is 1.66. The van der Waals surface area contributed by atoms with Gasteiger partial charge in [-0.3, -0.25) is 0 Å². The molecular weight excluding hydrogens is 248 g/mol. The van der Waals surface area contributed by atoms with Crippen LogP contribution < -0.4 is 4.74 Å². The van der Waals surface area contributed by atoms with Gasteiger partial charge in [-0.2, -0.15) is 0 Å². The molecule has 0 radical (unpaired) electrons. The van der Waals surface area contributed by atoms with Crippen LogP contribution in [0.25, 0.3) is 11.0 Å². The number of hydrogen-bond donors (Lipinski definition) is 0. The van der Waals surface area contributed by atoms with Gasteiger partial charge in [-0.1, -0.05) is 13.8 Å². The van der Waals surface area contributed by atoms with Gasteiger partial charge >= 0.3 is 0 Å². The molecule has 0 saturated carbocycles. The Morgan fingerprint density at radius 1 is 1.33 bits per heavy atom. The van der Waals surface area contributed by atoms with Crippen LogP contribution in [0.2, 0.25) is 0 Å². The van der Waals surface area contributed by atoms with E-state index in [-0.39, 0.29) is 0 Å². The van der Waals surface area contributed by atoms with Crippen molar-refractivity contribution in [3.05, 3.63) is 24.0 Å². The van der Waals surface area contributed by atoms with Crippen molar-refractivity contribution in [2.24, 2.45) is 5.92 Å². The molecule has 0 bridgehead atoms. The standard InChI is InChI=1S/C14H19ClN2O/c1-9(2)10(3)17-13-6-5-11(18-4)7-12(13)16-14(17)8-15/h5-7,9-10H,8H2,1-4H3. The van der Waals surface area contributed by atoms with Gasteiger partial charge in [0.25, 0.3) is 0 Å². The Morgan fingerprint density at radius 3 is 2.61 bits per heavy atom. The first-order valence-electron chi connectivity index (χ1n) is 6.19. The highest BCUT2D eigenvalue weighted by molar-refractivity contribution is 6.16. The predicted molar refractivity (Wildman–Crippen MR) is 75.4 cm³/mol. The van der Waals surface area contributed by atoms with Crippen LogP contribution >= 0.6 is 11.6 Å². The van der Waals surface area contributed by atoms with E-state index in [0.29, 0.717) is 17.8 Å². The minimum Gasteiger partial charge on any atom is -0.497 e. The van der Waals surface area contributed by atoms with Gasteiger partial charge in [0.2, 0.25) is 0 Å². The number of methoxy groups -OCH3 is 1. The Kier molecular flexibility index (Phi) is 3.81. The molecule has 18 heavy (non-hydrogen) atoms. The van der Waals surface area contributed by atoms with Crippen molar-refractivity contribution in [2.75, 3.05) is 7.11 Å². The van der Waals surface area contributed by atoms with E-state index in [1.54, 1.807) is 7.11 Å². The molecule has 1 unspecified atom stereocenters. The lowest BCUT2D eigenvalue weighted by Gasteiger charge is -2.20. The van der Waals surface area contributed by atoms with Crippen LogP contribution in [0.4, 0.5) is 0 Å². The van der Waals surface area contributed by atoms with Crippen LogP contribution in [0.3, 0.4) is 0 Å². The molecule has 0 aliphatic carbocycles. The largest absolute Gasteiger partial charge is 0.497 e. The molecule has 2 aromatic rings. The number of imidazole rings is 1. The highest BCUT2D eigenvalue weighted by atomic mass is 35.5. The lowest BCUT2D eigenvalue weighted by atomic mass is 10.1. The molecule has 0 fully saturated rings. The van der Waals surface area contributed by atoms with Crippen LogP contribution in [0.5, 0.6) is 5.75 Å². The Morgan fingerprint density at radius 2 is 2.06 bits per heavy atom. The molecule has 1 atom stereocenters.